The minimum atomic E-state index is -0.440. The van der Waals surface area contributed by atoms with E-state index in [1.165, 1.54) is 0 Å². The number of likely N-dealkylation sites (tertiary alicyclic amines) is 1. The van der Waals surface area contributed by atoms with Crippen LogP contribution in [0.2, 0.25) is 0 Å². The topological polar surface area (TPSA) is 35.6 Å². The van der Waals surface area contributed by atoms with E-state index in [0.717, 1.165) is 25.9 Å². The van der Waals surface area contributed by atoms with Crippen molar-refractivity contribution in [2.24, 2.45) is 0 Å². The predicted octanol–water partition coefficient (Wildman–Crippen LogP) is 0.537. The van der Waals surface area contributed by atoms with Crippen molar-refractivity contribution in [3.8, 4) is 0 Å². The van der Waals surface area contributed by atoms with Crippen LogP contribution in [0, 0.1) is 0 Å². The molecule has 1 aliphatic heterocycles. The predicted molar refractivity (Wildman–Crippen MR) is 66.4 cm³/mol. The second-order valence-corrected chi connectivity index (χ2v) is 5.36. The zero-order chi connectivity index (χ0) is 12.3. The SMILES string of the molecule is CNC(C)(C)C(=O)N1CCC(N(C)C)CC1. The van der Waals surface area contributed by atoms with Crippen molar-refractivity contribution in [2.45, 2.75) is 38.3 Å². The molecule has 0 aliphatic carbocycles. The van der Waals surface area contributed by atoms with Crippen LogP contribution in [0.4, 0.5) is 0 Å². The number of piperidine rings is 1. The third-order valence-corrected chi connectivity index (χ3v) is 3.64. The van der Waals surface area contributed by atoms with E-state index < -0.39 is 5.54 Å². The van der Waals surface area contributed by atoms with Crippen molar-refractivity contribution in [3.63, 3.8) is 0 Å². The number of hydrogen-bond donors (Lipinski definition) is 1. The van der Waals surface area contributed by atoms with Crippen LogP contribution in [-0.2, 0) is 4.79 Å². The number of likely N-dealkylation sites (N-methyl/N-ethyl adjacent to an activating group) is 1. The van der Waals surface area contributed by atoms with Gasteiger partial charge < -0.3 is 15.1 Å². The number of carbonyl (C=O) groups is 1. The van der Waals surface area contributed by atoms with Gasteiger partial charge in [-0.2, -0.15) is 0 Å². The van der Waals surface area contributed by atoms with E-state index in [4.69, 9.17) is 0 Å². The molecule has 1 saturated heterocycles. The van der Waals surface area contributed by atoms with Gasteiger partial charge in [0.1, 0.15) is 0 Å². The molecule has 0 spiro atoms. The van der Waals surface area contributed by atoms with Crippen molar-refractivity contribution >= 4 is 5.91 Å². The van der Waals surface area contributed by atoms with Gasteiger partial charge in [0, 0.05) is 19.1 Å². The molecular formula is C12H25N3O. The van der Waals surface area contributed by atoms with Gasteiger partial charge >= 0.3 is 0 Å². The first-order valence-electron chi connectivity index (χ1n) is 6.03. The fraction of sp³-hybridized carbons (Fsp3) is 0.917. The highest BCUT2D eigenvalue weighted by Gasteiger charge is 2.32. The molecule has 1 amide bonds. The van der Waals surface area contributed by atoms with Crippen molar-refractivity contribution in [1.29, 1.82) is 0 Å². The Labute approximate surface area is 99.0 Å². The van der Waals surface area contributed by atoms with Gasteiger partial charge in [-0.25, -0.2) is 0 Å². The van der Waals surface area contributed by atoms with Crippen molar-refractivity contribution in [2.75, 3.05) is 34.2 Å². The molecule has 0 unspecified atom stereocenters. The number of nitrogens with zero attached hydrogens (tertiary/aromatic N) is 2. The third-order valence-electron chi connectivity index (χ3n) is 3.64. The standard InChI is InChI=1S/C12H25N3O/c1-12(2,13-3)11(16)15-8-6-10(7-9-15)14(4)5/h10,13H,6-9H2,1-5H3. The van der Waals surface area contributed by atoms with Gasteiger partial charge in [-0.1, -0.05) is 0 Å². The van der Waals surface area contributed by atoms with Gasteiger partial charge in [0.25, 0.3) is 0 Å². The fourth-order valence-electron chi connectivity index (χ4n) is 2.09. The van der Waals surface area contributed by atoms with E-state index in [1.807, 2.05) is 25.8 Å². The van der Waals surface area contributed by atoms with Gasteiger partial charge in [-0.15, -0.1) is 0 Å². The Morgan fingerprint density at radius 2 is 1.81 bits per heavy atom. The average molecular weight is 227 g/mol. The Morgan fingerprint density at radius 3 is 2.19 bits per heavy atom. The van der Waals surface area contributed by atoms with E-state index in [2.05, 4.69) is 24.3 Å². The number of nitrogens with one attached hydrogen (secondary N) is 1. The Kier molecular flexibility index (Phi) is 4.33. The highest BCUT2D eigenvalue weighted by molar-refractivity contribution is 5.85. The second-order valence-electron chi connectivity index (χ2n) is 5.36. The maximum absolute atomic E-state index is 12.2. The first kappa shape index (κ1) is 13.5. The highest BCUT2D eigenvalue weighted by Crippen LogP contribution is 2.17. The van der Waals surface area contributed by atoms with Crippen molar-refractivity contribution in [3.05, 3.63) is 0 Å². The van der Waals surface area contributed by atoms with Crippen LogP contribution in [0.5, 0.6) is 0 Å². The lowest BCUT2D eigenvalue weighted by Gasteiger charge is -2.38. The number of amides is 1. The molecule has 0 aromatic heterocycles. The molecule has 94 valence electrons. The molecule has 1 aliphatic rings. The fourth-order valence-corrected chi connectivity index (χ4v) is 2.09. The second kappa shape index (κ2) is 5.15. The molecule has 0 saturated carbocycles. The van der Waals surface area contributed by atoms with E-state index in [9.17, 15) is 4.79 Å². The van der Waals surface area contributed by atoms with E-state index in [-0.39, 0.29) is 5.91 Å². The van der Waals surface area contributed by atoms with Gasteiger partial charge in [0.05, 0.1) is 5.54 Å². The van der Waals surface area contributed by atoms with E-state index in [1.54, 1.807) is 0 Å². The molecule has 1 heterocycles. The van der Waals surface area contributed by atoms with Crippen LogP contribution in [0.25, 0.3) is 0 Å². The first-order chi connectivity index (χ1) is 7.38. The molecule has 1 fully saturated rings. The molecule has 0 aromatic carbocycles. The Hall–Kier alpha value is -0.610. The third kappa shape index (κ3) is 2.95. The summed E-state index contributed by atoms with van der Waals surface area (Å²) in [5.74, 6) is 0.215. The van der Waals surface area contributed by atoms with E-state index >= 15 is 0 Å². The van der Waals surface area contributed by atoms with Crippen LogP contribution in [0.1, 0.15) is 26.7 Å². The van der Waals surface area contributed by atoms with Crippen molar-refractivity contribution < 1.29 is 4.79 Å². The summed E-state index contributed by atoms with van der Waals surface area (Å²) >= 11 is 0. The van der Waals surface area contributed by atoms with Gasteiger partial charge in [0.15, 0.2) is 0 Å². The lowest BCUT2D eigenvalue weighted by Crippen LogP contribution is -2.55. The number of hydrogen-bond acceptors (Lipinski definition) is 3. The summed E-state index contributed by atoms with van der Waals surface area (Å²) in [6, 6.07) is 0.627. The van der Waals surface area contributed by atoms with Crippen LogP contribution < -0.4 is 5.32 Å². The lowest BCUT2D eigenvalue weighted by atomic mass is 9.99. The summed E-state index contributed by atoms with van der Waals surface area (Å²) in [4.78, 5) is 16.4. The Morgan fingerprint density at radius 1 is 1.31 bits per heavy atom. The Bertz CT molecular complexity index is 243. The number of carbonyl (C=O) groups excluding carboxylic acids is 1. The maximum Gasteiger partial charge on any atom is 0.242 e. The molecule has 4 heteroatoms. The molecular weight excluding hydrogens is 202 g/mol. The maximum atomic E-state index is 12.2. The van der Waals surface area contributed by atoms with Crippen LogP contribution in [0.15, 0.2) is 0 Å². The number of rotatable bonds is 3. The monoisotopic (exact) mass is 227 g/mol. The van der Waals surface area contributed by atoms with Crippen LogP contribution >= 0.6 is 0 Å². The quantitative estimate of drug-likeness (QED) is 0.764. The highest BCUT2D eigenvalue weighted by atomic mass is 16.2. The molecule has 0 bridgehead atoms. The summed E-state index contributed by atoms with van der Waals surface area (Å²) in [7, 11) is 6.06. The van der Waals surface area contributed by atoms with Crippen LogP contribution in [-0.4, -0.2) is 61.5 Å². The largest absolute Gasteiger partial charge is 0.341 e. The molecule has 16 heavy (non-hydrogen) atoms. The van der Waals surface area contributed by atoms with Gasteiger partial charge in [-0.05, 0) is 47.8 Å². The Balaban J connectivity index is 2.51. The van der Waals surface area contributed by atoms with Crippen molar-refractivity contribution in [1.82, 2.24) is 15.1 Å². The zero-order valence-electron chi connectivity index (χ0n) is 11.2. The van der Waals surface area contributed by atoms with Gasteiger partial charge in [0.2, 0.25) is 5.91 Å². The first-order valence-corrected chi connectivity index (χ1v) is 6.03. The molecule has 4 nitrogen and oxygen atoms in total. The smallest absolute Gasteiger partial charge is 0.242 e. The minimum absolute atomic E-state index is 0.215. The lowest BCUT2D eigenvalue weighted by molar-refractivity contribution is -0.138. The molecule has 1 rings (SSSR count). The molecule has 0 radical (unpaired) electrons. The van der Waals surface area contributed by atoms with Gasteiger partial charge in [-0.3, -0.25) is 4.79 Å². The zero-order valence-corrected chi connectivity index (χ0v) is 11.2. The minimum Gasteiger partial charge on any atom is -0.341 e. The molecule has 1 N–H and O–H groups in total. The average Bonchev–Trinajstić information content (AvgIpc) is 2.28. The summed E-state index contributed by atoms with van der Waals surface area (Å²) in [5.41, 5.74) is -0.440. The summed E-state index contributed by atoms with van der Waals surface area (Å²) in [6.45, 7) is 5.64. The molecule has 0 atom stereocenters. The molecule has 0 aromatic rings. The summed E-state index contributed by atoms with van der Waals surface area (Å²) in [5, 5.41) is 3.07. The normalized spacial score (nSPS) is 19.2. The summed E-state index contributed by atoms with van der Waals surface area (Å²) in [6.07, 6.45) is 2.16. The van der Waals surface area contributed by atoms with E-state index in [0.29, 0.717) is 6.04 Å². The van der Waals surface area contributed by atoms with Crippen LogP contribution in [0.3, 0.4) is 0 Å². The summed E-state index contributed by atoms with van der Waals surface area (Å²) < 4.78 is 0.